The van der Waals surface area contributed by atoms with Crippen molar-refractivity contribution in [3.05, 3.63) is 69.9 Å². The maximum absolute atomic E-state index is 13.5. The molecule has 1 aliphatic heterocycles. The molecule has 37 heavy (non-hydrogen) atoms. The van der Waals surface area contributed by atoms with Gasteiger partial charge in [-0.2, -0.15) is 0 Å². The fourth-order valence-electron chi connectivity index (χ4n) is 4.05. The van der Waals surface area contributed by atoms with Crippen molar-refractivity contribution in [2.24, 2.45) is 0 Å². The van der Waals surface area contributed by atoms with Crippen LogP contribution in [0.4, 0.5) is 14.9 Å². The third kappa shape index (κ3) is 6.79. The van der Waals surface area contributed by atoms with Crippen molar-refractivity contribution in [2.75, 3.05) is 18.4 Å². The molecular formula is C25H26FN5O5S. The monoisotopic (exact) mass is 527 g/mol. The van der Waals surface area contributed by atoms with Gasteiger partial charge in [-0.05, 0) is 56.0 Å². The third-order valence-electron chi connectivity index (χ3n) is 5.89. The Morgan fingerprint density at radius 2 is 2.00 bits per heavy atom. The van der Waals surface area contributed by atoms with E-state index in [4.69, 9.17) is 5.11 Å². The van der Waals surface area contributed by atoms with E-state index in [2.05, 4.69) is 15.6 Å². The topological polar surface area (TPSA) is 134 Å². The van der Waals surface area contributed by atoms with E-state index >= 15 is 0 Å². The Hall–Kier alpha value is -4.06. The van der Waals surface area contributed by atoms with Crippen LogP contribution in [-0.4, -0.2) is 56.6 Å². The first kappa shape index (κ1) is 26.0. The zero-order chi connectivity index (χ0) is 26.4. The van der Waals surface area contributed by atoms with Crippen molar-refractivity contribution >= 4 is 45.1 Å². The van der Waals surface area contributed by atoms with E-state index in [1.807, 2.05) is 0 Å². The Bertz CT molecular complexity index is 1400. The van der Waals surface area contributed by atoms with E-state index in [1.165, 1.54) is 40.2 Å². The van der Waals surface area contributed by atoms with Crippen LogP contribution in [0.25, 0.3) is 10.2 Å². The lowest BCUT2D eigenvalue weighted by Crippen LogP contribution is -2.44. The van der Waals surface area contributed by atoms with Gasteiger partial charge < -0.3 is 25.2 Å². The van der Waals surface area contributed by atoms with Crippen LogP contribution in [-0.2, 0) is 16.1 Å². The number of halogens is 1. The number of hydrogen-bond acceptors (Lipinski definition) is 6. The first-order valence-electron chi connectivity index (χ1n) is 11.8. The maximum atomic E-state index is 13.5. The molecule has 4 rings (SSSR count). The summed E-state index contributed by atoms with van der Waals surface area (Å²) in [5.41, 5.74) is -0.0145. The summed E-state index contributed by atoms with van der Waals surface area (Å²) in [6, 6.07) is 6.17. The standard InChI is InChI=1S/C25H26FN5O5S/c26-16-9-10-20-19(14-16)27-21(37-20)15-31-13-5-7-18(24(31)34)28-23(33)17(29-25(35)36)6-1-2-8-22(32)30-11-3-4-12-30/h2,5,7-10,13-14,17,29H,1,3-4,6,11-12,15H2,(H,28,33)(H,35,36)/b8-2+. The predicted octanol–water partition coefficient (Wildman–Crippen LogP) is 3.18. The fourth-order valence-corrected chi connectivity index (χ4v) is 4.99. The van der Waals surface area contributed by atoms with Crippen LogP contribution in [0.2, 0.25) is 0 Å². The molecule has 3 aromatic rings. The lowest BCUT2D eigenvalue weighted by Gasteiger charge is -2.16. The fraction of sp³-hybridized carbons (Fsp3) is 0.320. The Labute approximate surface area is 215 Å². The molecule has 1 atom stereocenters. The predicted molar refractivity (Wildman–Crippen MR) is 137 cm³/mol. The number of aromatic nitrogens is 2. The molecule has 0 radical (unpaired) electrons. The highest BCUT2D eigenvalue weighted by Gasteiger charge is 2.22. The molecule has 1 saturated heterocycles. The number of hydrogen-bond donors (Lipinski definition) is 3. The van der Waals surface area contributed by atoms with Crippen molar-refractivity contribution in [3.63, 3.8) is 0 Å². The second kappa shape index (κ2) is 11.8. The van der Waals surface area contributed by atoms with Gasteiger partial charge in [0.1, 0.15) is 22.6 Å². The van der Waals surface area contributed by atoms with Crippen LogP contribution in [0.5, 0.6) is 0 Å². The number of carbonyl (C=O) groups excluding carboxylic acids is 2. The molecule has 3 heterocycles. The number of thiazole rings is 1. The molecule has 3 N–H and O–H groups in total. The molecule has 1 unspecified atom stereocenters. The molecule has 1 aliphatic rings. The van der Waals surface area contributed by atoms with Crippen LogP contribution in [0, 0.1) is 5.82 Å². The average Bonchev–Trinajstić information content (AvgIpc) is 3.53. The summed E-state index contributed by atoms with van der Waals surface area (Å²) in [7, 11) is 0. The van der Waals surface area contributed by atoms with E-state index in [-0.39, 0.29) is 31.0 Å². The van der Waals surface area contributed by atoms with Crippen LogP contribution in [0.1, 0.15) is 30.7 Å². The van der Waals surface area contributed by atoms with E-state index < -0.39 is 29.4 Å². The minimum absolute atomic E-state index is 0.0170. The largest absolute Gasteiger partial charge is 0.465 e. The highest BCUT2D eigenvalue weighted by Crippen LogP contribution is 2.23. The molecule has 0 aliphatic carbocycles. The molecule has 1 aromatic carbocycles. The van der Waals surface area contributed by atoms with Gasteiger partial charge in [0.15, 0.2) is 0 Å². The SMILES string of the molecule is O=C(O)NC(CC/C=C/C(=O)N1CCCC1)C(=O)Nc1cccn(Cc2nc3cc(F)ccc3s2)c1=O. The summed E-state index contributed by atoms with van der Waals surface area (Å²) in [6.07, 6.45) is 5.56. The lowest BCUT2D eigenvalue weighted by atomic mass is 10.1. The minimum atomic E-state index is -1.38. The van der Waals surface area contributed by atoms with Crippen molar-refractivity contribution < 1.29 is 23.9 Å². The number of fused-ring (bicyclic) bond motifs is 1. The number of allylic oxidation sites excluding steroid dienone is 1. The number of anilines is 1. The number of rotatable bonds is 9. The first-order valence-corrected chi connectivity index (χ1v) is 12.6. The van der Waals surface area contributed by atoms with E-state index in [0.29, 0.717) is 10.5 Å². The average molecular weight is 528 g/mol. The Morgan fingerprint density at radius 3 is 2.76 bits per heavy atom. The van der Waals surface area contributed by atoms with Crippen molar-refractivity contribution in [3.8, 4) is 0 Å². The number of nitrogens with zero attached hydrogens (tertiary/aromatic N) is 3. The minimum Gasteiger partial charge on any atom is -0.465 e. The molecule has 3 amide bonds. The molecular weight excluding hydrogens is 501 g/mol. The molecule has 194 valence electrons. The van der Waals surface area contributed by atoms with Crippen LogP contribution >= 0.6 is 11.3 Å². The summed E-state index contributed by atoms with van der Waals surface area (Å²) in [4.78, 5) is 55.2. The highest BCUT2D eigenvalue weighted by atomic mass is 32.1. The second-order valence-electron chi connectivity index (χ2n) is 8.58. The van der Waals surface area contributed by atoms with Gasteiger partial charge in [0.25, 0.3) is 5.56 Å². The van der Waals surface area contributed by atoms with Crippen LogP contribution < -0.4 is 16.2 Å². The quantitative estimate of drug-likeness (QED) is 0.366. The number of pyridine rings is 1. The van der Waals surface area contributed by atoms with Crippen molar-refractivity contribution in [2.45, 2.75) is 38.3 Å². The number of nitrogens with one attached hydrogen (secondary N) is 2. The molecule has 0 spiro atoms. The summed E-state index contributed by atoms with van der Waals surface area (Å²) in [5.74, 6) is -1.19. The van der Waals surface area contributed by atoms with Gasteiger partial charge in [0, 0.05) is 25.4 Å². The van der Waals surface area contributed by atoms with Gasteiger partial charge in [-0.15, -0.1) is 11.3 Å². The van der Waals surface area contributed by atoms with Crippen molar-refractivity contribution in [1.29, 1.82) is 0 Å². The Morgan fingerprint density at radius 1 is 1.22 bits per heavy atom. The first-order chi connectivity index (χ1) is 17.8. The van der Waals surface area contributed by atoms with E-state index in [0.717, 1.165) is 30.6 Å². The lowest BCUT2D eigenvalue weighted by molar-refractivity contribution is -0.125. The smallest absolute Gasteiger partial charge is 0.405 e. The number of carbonyl (C=O) groups is 3. The van der Waals surface area contributed by atoms with Gasteiger partial charge in [0.2, 0.25) is 11.8 Å². The summed E-state index contributed by atoms with van der Waals surface area (Å²) in [5, 5.41) is 14.4. The summed E-state index contributed by atoms with van der Waals surface area (Å²) < 4.78 is 15.6. The van der Waals surface area contributed by atoms with Gasteiger partial charge in [-0.1, -0.05) is 6.08 Å². The molecule has 12 heteroatoms. The van der Waals surface area contributed by atoms with Gasteiger partial charge in [-0.3, -0.25) is 14.4 Å². The molecule has 2 aromatic heterocycles. The molecule has 10 nitrogen and oxygen atoms in total. The molecule has 1 fully saturated rings. The second-order valence-corrected chi connectivity index (χ2v) is 9.69. The number of carboxylic acid groups (broad SMARTS) is 1. The van der Waals surface area contributed by atoms with E-state index in [1.54, 1.807) is 29.3 Å². The van der Waals surface area contributed by atoms with Gasteiger partial charge in [0.05, 0.1) is 16.8 Å². The van der Waals surface area contributed by atoms with Crippen molar-refractivity contribution in [1.82, 2.24) is 19.8 Å². The Kier molecular flexibility index (Phi) is 8.29. The maximum Gasteiger partial charge on any atom is 0.405 e. The van der Waals surface area contributed by atoms with Gasteiger partial charge in [-0.25, -0.2) is 14.2 Å². The van der Waals surface area contributed by atoms with E-state index in [9.17, 15) is 23.6 Å². The zero-order valence-electron chi connectivity index (χ0n) is 19.9. The number of amides is 3. The highest BCUT2D eigenvalue weighted by molar-refractivity contribution is 7.18. The normalized spacial score (nSPS) is 14.2. The third-order valence-corrected chi connectivity index (χ3v) is 6.91. The molecule has 0 saturated carbocycles. The zero-order valence-corrected chi connectivity index (χ0v) is 20.7. The van der Waals surface area contributed by atoms with Gasteiger partial charge >= 0.3 is 6.09 Å². The van der Waals surface area contributed by atoms with Crippen LogP contribution in [0.3, 0.4) is 0 Å². The number of benzene rings is 1. The molecule has 0 bridgehead atoms. The van der Waals surface area contributed by atoms with Crippen LogP contribution in [0.15, 0.2) is 53.5 Å². The summed E-state index contributed by atoms with van der Waals surface area (Å²) >= 11 is 1.33. The summed E-state index contributed by atoms with van der Waals surface area (Å²) in [6.45, 7) is 1.57. The number of likely N-dealkylation sites (tertiary alicyclic amines) is 1. The Balaban J connectivity index is 1.41.